The smallest absolute Gasteiger partial charge is 0.354 e. The van der Waals surface area contributed by atoms with E-state index in [1.165, 1.54) is 25.3 Å². The first kappa shape index (κ1) is 16.4. The molecular formula is C16H13N3O6. The summed E-state index contributed by atoms with van der Waals surface area (Å²) in [5, 5.41) is 6.25. The predicted molar refractivity (Wildman–Crippen MR) is 81.2 cm³/mol. The standard InChI is InChI=1S/C16H13N3O6/c1-8(18-13(20)12-7-17-24-9(12)2)16(23)25-19-14(21)10-5-3-4-6-11(10)15(19)22/h3-8H,1-2H3,(H,18,20). The van der Waals surface area contributed by atoms with Gasteiger partial charge in [0.1, 0.15) is 17.4 Å². The molecule has 1 aromatic heterocycles. The summed E-state index contributed by atoms with van der Waals surface area (Å²) in [6, 6.07) is 5.01. The summed E-state index contributed by atoms with van der Waals surface area (Å²) in [5.41, 5.74) is 0.467. The fourth-order valence-corrected chi connectivity index (χ4v) is 2.27. The van der Waals surface area contributed by atoms with Gasteiger partial charge in [-0.25, -0.2) is 4.79 Å². The molecule has 2 aromatic rings. The van der Waals surface area contributed by atoms with E-state index in [-0.39, 0.29) is 16.7 Å². The van der Waals surface area contributed by atoms with Gasteiger partial charge in [0, 0.05) is 0 Å². The maximum absolute atomic E-state index is 12.1. The first-order chi connectivity index (χ1) is 11.9. The average Bonchev–Trinajstić information content (AvgIpc) is 3.12. The quantitative estimate of drug-likeness (QED) is 0.818. The van der Waals surface area contributed by atoms with Gasteiger partial charge in [0.15, 0.2) is 0 Å². The lowest BCUT2D eigenvalue weighted by molar-refractivity contribution is -0.170. The van der Waals surface area contributed by atoms with Gasteiger partial charge >= 0.3 is 5.97 Å². The van der Waals surface area contributed by atoms with Crippen LogP contribution in [-0.4, -0.2) is 40.0 Å². The highest BCUT2D eigenvalue weighted by Crippen LogP contribution is 2.22. The van der Waals surface area contributed by atoms with E-state index in [4.69, 9.17) is 9.36 Å². The SMILES string of the molecule is Cc1oncc1C(=O)NC(C)C(=O)ON1C(=O)c2ccccc2C1=O. The van der Waals surface area contributed by atoms with Crippen molar-refractivity contribution in [2.24, 2.45) is 0 Å². The number of amides is 3. The monoisotopic (exact) mass is 343 g/mol. The van der Waals surface area contributed by atoms with Crippen molar-refractivity contribution >= 4 is 23.7 Å². The number of hydroxylamine groups is 2. The minimum Gasteiger partial charge on any atom is -0.361 e. The molecule has 9 heteroatoms. The zero-order valence-electron chi connectivity index (χ0n) is 13.3. The van der Waals surface area contributed by atoms with Crippen LogP contribution in [0.3, 0.4) is 0 Å². The topological polar surface area (TPSA) is 119 Å². The van der Waals surface area contributed by atoms with Crippen LogP contribution in [0.25, 0.3) is 0 Å². The number of hydrogen-bond acceptors (Lipinski definition) is 7. The Hall–Kier alpha value is -3.49. The lowest BCUT2D eigenvalue weighted by Gasteiger charge is -2.17. The van der Waals surface area contributed by atoms with Gasteiger partial charge in [0.25, 0.3) is 17.7 Å². The molecule has 0 radical (unpaired) electrons. The van der Waals surface area contributed by atoms with E-state index < -0.39 is 29.7 Å². The normalized spacial score (nSPS) is 14.2. The molecular weight excluding hydrogens is 330 g/mol. The molecule has 25 heavy (non-hydrogen) atoms. The number of nitrogens with zero attached hydrogens (tertiary/aromatic N) is 2. The molecule has 0 saturated carbocycles. The molecule has 3 amide bonds. The van der Waals surface area contributed by atoms with E-state index in [0.717, 1.165) is 0 Å². The fourth-order valence-electron chi connectivity index (χ4n) is 2.27. The summed E-state index contributed by atoms with van der Waals surface area (Å²) in [7, 11) is 0. The van der Waals surface area contributed by atoms with E-state index >= 15 is 0 Å². The summed E-state index contributed by atoms with van der Waals surface area (Å²) >= 11 is 0. The Balaban J connectivity index is 1.67. The molecule has 128 valence electrons. The highest BCUT2D eigenvalue weighted by Gasteiger charge is 2.39. The highest BCUT2D eigenvalue weighted by atomic mass is 16.7. The summed E-state index contributed by atoms with van der Waals surface area (Å²) < 4.78 is 4.77. The Morgan fingerprint density at radius 3 is 2.32 bits per heavy atom. The van der Waals surface area contributed by atoms with Crippen molar-refractivity contribution in [2.45, 2.75) is 19.9 Å². The largest absolute Gasteiger partial charge is 0.361 e. The Morgan fingerprint density at radius 1 is 1.20 bits per heavy atom. The number of imide groups is 1. The van der Waals surface area contributed by atoms with Gasteiger partial charge in [-0.05, 0) is 26.0 Å². The average molecular weight is 343 g/mol. The van der Waals surface area contributed by atoms with E-state index in [9.17, 15) is 19.2 Å². The van der Waals surface area contributed by atoms with Crippen molar-refractivity contribution in [3.8, 4) is 0 Å². The zero-order valence-corrected chi connectivity index (χ0v) is 13.3. The van der Waals surface area contributed by atoms with Crippen molar-refractivity contribution in [1.82, 2.24) is 15.5 Å². The maximum atomic E-state index is 12.1. The van der Waals surface area contributed by atoms with Gasteiger partial charge in [-0.3, -0.25) is 14.4 Å². The van der Waals surface area contributed by atoms with E-state index in [1.807, 2.05) is 0 Å². The minimum atomic E-state index is -1.11. The van der Waals surface area contributed by atoms with Crippen molar-refractivity contribution < 1.29 is 28.5 Å². The van der Waals surface area contributed by atoms with Crippen molar-refractivity contribution in [2.75, 3.05) is 0 Å². The second-order valence-corrected chi connectivity index (χ2v) is 5.35. The van der Waals surface area contributed by atoms with Crippen LogP contribution in [-0.2, 0) is 9.63 Å². The fraction of sp³-hybridized carbons (Fsp3) is 0.188. The number of nitrogens with one attached hydrogen (secondary N) is 1. The van der Waals surface area contributed by atoms with E-state index in [0.29, 0.717) is 10.8 Å². The van der Waals surface area contributed by atoms with Crippen LogP contribution < -0.4 is 5.32 Å². The molecule has 2 heterocycles. The molecule has 0 spiro atoms. The lowest BCUT2D eigenvalue weighted by atomic mass is 10.1. The van der Waals surface area contributed by atoms with Crippen LogP contribution in [0, 0.1) is 6.92 Å². The predicted octanol–water partition coefficient (Wildman–Crippen LogP) is 0.856. The van der Waals surface area contributed by atoms with Crippen molar-refractivity contribution in [3.63, 3.8) is 0 Å². The van der Waals surface area contributed by atoms with Crippen LogP contribution in [0.4, 0.5) is 0 Å². The molecule has 1 atom stereocenters. The molecule has 0 aliphatic carbocycles. The second-order valence-electron chi connectivity index (χ2n) is 5.35. The number of hydrogen-bond donors (Lipinski definition) is 1. The third kappa shape index (κ3) is 2.87. The first-order valence-corrected chi connectivity index (χ1v) is 7.32. The lowest BCUT2D eigenvalue weighted by Crippen LogP contribution is -2.43. The minimum absolute atomic E-state index is 0.150. The number of rotatable bonds is 4. The maximum Gasteiger partial charge on any atom is 0.354 e. The van der Waals surface area contributed by atoms with Crippen LogP contribution >= 0.6 is 0 Å². The molecule has 1 N–H and O–H groups in total. The molecule has 1 aliphatic heterocycles. The van der Waals surface area contributed by atoms with Crippen LogP contribution in [0.1, 0.15) is 43.8 Å². The van der Waals surface area contributed by atoms with Gasteiger partial charge < -0.3 is 14.7 Å². The Morgan fingerprint density at radius 2 is 1.80 bits per heavy atom. The second kappa shape index (κ2) is 6.19. The summed E-state index contributed by atoms with van der Waals surface area (Å²) in [5.74, 6) is -2.73. The first-order valence-electron chi connectivity index (χ1n) is 7.32. The third-order valence-electron chi connectivity index (χ3n) is 3.63. The molecule has 0 fully saturated rings. The number of aromatic nitrogens is 1. The zero-order chi connectivity index (χ0) is 18.1. The van der Waals surface area contributed by atoms with Crippen LogP contribution in [0.15, 0.2) is 35.0 Å². The van der Waals surface area contributed by atoms with Gasteiger partial charge in [-0.2, -0.15) is 0 Å². The van der Waals surface area contributed by atoms with Gasteiger partial charge in [-0.15, -0.1) is 0 Å². The van der Waals surface area contributed by atoms with Gasteiger partial charge in [0.05, 0.1) is 17.3 Å². The molecule has 0 saturated heterocycles. The number of carbonyl (C=O) groups excluding carboxylic acids is 4. The Kier molecular flexibility index (Phi) is 4.05. The number of benzene rings is 1. The number of fused-ring (bicyclic) bond motifs is 1. The summed E-state index contributed by atoms with van der Waals surface area (Å²) in [6.07, 6.45) is 1.22. The van der Waals surface area contributed by atoms with Crippen molar-refractivity contribution in [1.29, 1.82) is 0 Å². The Bertz CT molecular complexity index is 853. The number of carbonyl (C=O) groups is 4. The molecule has 1 aromatic carbocycles. The van der Waals surface area contributed by atoms with Crippen LogP contribution in [0.2, 0.25) is 0 Å². The summed E-state index contributed by atoms with van der Waals surface area (Å²) in [6.45, 7) is 2.91. The molecule has 1 aliphatic rings. The summed E-state index contributed by atoms with van der Waals surface area (Å²) in [4.78, 5) is 53.3. The molecule has 0 bridgehead atoms. The van der Waals surface area contributed by atoms with E-state index in [1.54, 1.807) is 19.1 Å². The van der Waals surface area contributed by atoms with Gasteiger partial charge in [0.2, 0.25) is 0 Å². The number of aryl methyl sites for hydroxylation is 1. The third-order valence-corrected chi connectivity index (χ3v) is 3.63. The van der Waals surface area contributed by atoms with Gasteiger partial charge in [-0.1, -0.05) is 22.4 Å². The van der Waals surface area contributed by atoms with Crippen LogP contribution in [0.5, 0.6) is 0 Å². The highest BCUT2D eigenvalue weighted by molar-refractivity contribution is 6.21. The van der Waals surface area contributed by atoms with E-state index in [2.05, 4.69) is 10.5 Å². The van der Waals surface area contributed by atoms with Crippen molar-refractivity contribution in [3.05, 3.63) is 52.9 Å². The molecule has 1 unspecified atom stereocenters. The molecule has 3 rings (SSSR count). The Labute approximate surface area is 141 Å². The molecule has 9 nitrogen and oxygen atoms in total.